The minimum Gasteiger partial charge on any atom is -0.404 e. The molecule has 15 heteroatoms. The quantitative estimate of drug-likeness (QED) is 0.381. The number of aromatic nitrogens is 2. The molecule has 3 aromatic rings. The number of carbonyl (C=O) groups is 2. The van der Waals surface area contributed by atoms with E-state index in [1.165, 1.54) is 18.2 Å². The lowest BCUT2D eigenvalue weighted by molar-refractivity contribution is -0.274. The van der Waals surface area contributed by atoms with E-state index < -0.39 is 35.3 Å². The summed E-state index contributed by atoms with van der Waals surface area (Å²) in [7, 11) is 1.98. The topological polar surface area (TPSA) is 99.7 Å². The first-order valence-corrected chi connectivity index (χ1v) is 12.9. The predicted octanol–water partition coefficient (Wildman–Crippen LogP) is 4.64. The predicted molar refractivity (Wildman–Crippen MR) is 143 cm³/mol. The summed E-state index contributed by atoms with van der Waals surface area (Å²) >= 11 is 0.930. The van der Waals surface area contributed by atoms with Crippen LogP contribution in [0.3, 0.4) is 0 Å². The second-order valence-electron chi connectivity index (χ2n) is 9.38. The van der Waals surface area contributed by atoms with Gasteiger partial charge in [0.1, 0.15) is 11.4 Å². The lowest BCUT2D eigenvalue weighted by Crippen LogP contribution is -2.54. The normalized spacial score (nSPS) is 17.0. The monoisotopic (exact) mass is 600 g/mol. The number of carbonyl (C=O) groups excluding carboxylic acids is 2. The van der Waals surface area contributed by atoms with E-state index in [0.29, 0.717) is 25.9 Å². The maximum Gasteiger partial charge on any atom is 0.573 e. The minimum atomic E-state index is -5.01. The fourth-order valence-corrected chi connectivity index (χ4v) is 5.21. The lowest BCUT2D eigenvalue weighted by atomic mass is 10.1. The molecular formula is C25H25ClF4N6O3S. The molecule has 9 nitrogen and oxygen atoms in total. The van der Waals surface area contributed by atoms with Gasteiger partial charge in [0.2, 0.25) is 11.0 Å². The average Bonchev–Trinajstić information content (AvgIpc) is 3.57. The number of anilines is 2. The third-order valence-electron chi connectivity index (χ3n) is 6.72. The zero-order valence-electron chi connectivity index (χ0n) is 21.1. The molecule has 2 N–H and O–H groups in total. The van der Waals surface area contributed by atoms with Crippen LogP contribution in [0.1, 0.15) is 23.2 Å². The fraction of sp³-hybridized carbons (Fsp3) is 0.360. The Kier molecular flexibility index (Phi) is 8.63. The van der Waals surface area contributed by atoms with E-state index in [4.69, 9.17) is 0 Å². The van der Waals surface area contributed by atoms with Gasteiger partial charge in [0.25, 0.3) is 5.91 Å². The van der Waals surface area contributed by atoms with Gasteiger partial charge >= 0.3 is 6.36 Å². The summed E-state index contributed by atoms with van der Waals surface area (Å²) < 4.78 is 57.4. The molecule has 1 aliphatic carbocycles. The van der Waals surface area contributed by atoms with Gasteiger partial charge in [-0.25, -0.2) is 4.39 Å². The number of hydrogen-bond donors (Lipinski definition) is 2. The summed E-state index contributed by atoms with van der Waals surface area (Å²) in [6.45, 7) is 2.87. The van der Waals surface area contributed by atoms with Gasteiger partial charge in [-0.1, -0.05) is 23.5 Å². The highest BCUT2D eigenvalue weighted by Gasteiger charge is 2.55. The molecule has 214 valence electrons. The van der Waals surface area contributed by atoms with Crippen molar-refractivity contribution in [3.63, 3.8) is 0 Å². The van der Waals surface area contributed by atoms with E-state index in [1.807, 2.05) is 11.9 Å². The van der Waals surface area contributed by atoms with Gasteiger partial charge in [0.05, 0.1) is 5.69 Å². The number of likely N-dealkylation sites (N-methyl/N-ethyl adjacent to an activating group) is 1. The first kappa shape index (κ1) is 29.6. The van der Waals surface area contributed by atoms with E-state index in [-0.39, 0.29) is 39.4 Å². The molecule has 1 aliphatic heterocycles. The molecule has 2 amide bonds. The average molecular weight is 601 g/mol. The third-order valence-corrected chi connectivity index (χ3v) is 7.59. The largest absolute Gasteiger partial charge is 0.573 e. The molecule has 0 radical (unpaired) electrons. The maximum absolute atomic E-state index is 14.1. The highest BCUT2D eigenvalue weighted by atomic mass is 35.5. The van der Waals surface area contributed by atoms with Gasteiger partial charge < -0.3 is 15.0 Å². The van der Waals surface area contributed by atoms with Gasteiger partial charge in [-0.2, -0.15) is 0 Å². The number of amides is 2. The van der Waals surface area contributed by atoms with Crippen molar-refractivity contribution in [1.82, 2.24) is 20.0 Å². The molecular weight excluding hydrogens is 576 g/mol. The van der Waals surface area contributed by atoms with Gasteiger partial charge in [-0.3, -0.25) is 19.8 Å². The molecule has 2 aromatic carbocycles. The van der Waals surface area contributed by atoms with Crippen LogP contribution >= 0.6 is 23.7 Å². The summed E-state index contributed by atoms with van der Waals surface area (Å²) in [4.78, 5) is 30.4. The van der Waals surface area contributed by atoms with Gasteiger partial charge in [-0.15, -0.1) is 35.8 Å². The highest BCUT2D eigenvalue weighted by Crippen LogP contribution is 2.44. The third kappa shape index (κ3) is 6.52. The number of ether oxygens (including phenoxy) is 1. The second kappa shape index (κ2) is 11.6. The van der Waals surface area contributed by atoms with E-state index >= 15 is 0 Å². The maximum atomic E-state index is 14.1. The number of benzene rings is 2. The van der Waals surface area contributed by atoms with Crippen LogP contribution in [0.5, 0.6) is 5.75 Å². The van der Waals surface area contributed by atoms with Crippen LogP contribution in [0.4, 0.5) is 28.4 Å². The molecule has 1 saturated carbocycles. The minimum absolute atomic E-state index is 0. The molecule has 2 fully saturated rings. The number of nitrogens with zero attached hydrogens (tertiary/aromatic N) is 4. The van der Waals surface area contributed by atoms with Crippen LogP contribution in [0, 0.1) is 5.82 Å². The standard InChI is InChI=1S/C25H24F4N6O3S.ClH/c1-34-10-12-35(13-11-34)24(8-9-24)22(37)30-18-14-15(6-7-19(18)38-25(27,28)29)20(36)31-23-33-32-21(39-23)16-4-2-3-5-17(16)26;/h2-7,14H,8-13H2,1H3,(H,30,37)(H,31,33,36);1H. The molecule has 2 heterocycles. The smallest absolute Gasteiger partial charge is 0.404 e. The van der Waals surface area contributed by atoms with Gasteiger partial charge in [-0.05, 0) is 50.2 Å². The van der Waals surface area contributed by atoms with Crippen LogP contribution < -0.4 is 15.4 Å². The summed E-state index contributed by atoms with van der Waals surface area (Å²) in [5, 5.41) is 13.1. The molecule has 0 bridgehead atoms. The van der Waals surface area contributed by atoms with Crippen molar-refractivity contribution in [3.8, 4) is 16.3 Å². The summed E-state index contributed by atoms with van der Waals surface area (Å²) in [5.74, 6) is -2.30. The highest BCUT2D eigenvalue weighted by molar-refractivity contribution is 7.18. The zero-order valence-corrected chi connectivity index (χ0v) is 22.8. The Bertz CT molecular complexity index is 1390. The SMILES string of the molecule is CN1CCN(C2(C(=O)Nc3cc(C(=O)Nc4nnc(-c5ccccc5F)s4)ccc3OC(F)(F)F)CC2)CC1.Cl. The van der Waals surface area contributed by atoms with E-state index in [2.05, 4.69) is 30.5 Å². The first-order valence-electron chi connectivity index (χ1n) is 12.1. The van der Waals surface area contributed by atoms with E-state index in [0.717, 1.165) is 42.6 Å². The Morgan fingerprint density at radius 3 is 2.38 bits per heavy atom. The molecule has 0 unspecified atom stereocenters. The Hall–Kier alpha value is -3.33. The number of rotatable bonds is 7. The van der Waals surface area contributed by atoms with Crippen LogP contribution in [0.2, 0.25) is 0 Å². The Morgan fingerprint density at radius 2 is 1.73 bits per heavy atom. The van der Waals surface area contributed by atoms with Crippen LogP contribution in [-0.2, 0) is 4.79 Å². The lowest BCUT2D eigenvalue weighted by Gasteiger charge is -2.37. The van der Waals surface area contributed by atoms with Crippen molar-refractivity contribution in [1.29, 1.82) is 0 Å². The number of nitrogens with one attached hydrogen (secondary N) is 2. The van der Waals surface area contributed by atoms with Crippen LogP contribution in [-0.4, -0.2) is 76.9 Å². The van der Waals surface area contributed by atoms with Gasteiger partial charge in [0, 0.05) is 37.3 Å². The van der Waals surface area contributed by atoms with Crippen molar-refractivity contribution >= 4 is 46.4 Å². The second-order valence-corrected chi connectivity index (χ2v) is 10.4. The zero-order chi connectivity index (χ0) is 27.8. The molecule has 1 aromatic heterocycles. The Morgan fingerprint density at radius 1 is 1.02 bits per heavy atom. The summed E-state index contributed by atoms with van der Waals surface area (Å²) in [6.07, 6.45) is -3.84. The number of halogens is 5. The van der Waals surface area contributed by atoms with Gasteiger partial charge in [0.15, 0.2) is 10.8 Å². The molecule has 0 atom stereocenters. The summed E-state index contributed by atoms with van der Waals surface area (Å²) in [5.41, 5.74) is -0.921. The molecule has 2 aliphatic rings. The van der Waals surface area contributed by atoms with Crippen molar-refractivity contribution in [2.24, 2.45) is 0 Å². The van der Waals surface area contributed by atoms with Crippen molar-refractivity contribution in [2.45, 2.75) is 24.7 Å². The van der Waals surface area contributed by atoms with Crippen LogP contribution in [0.15, 0.2) is 42.5 Å². The number of hydrogen-bond acceptors (Lipinski definition) is 8. The Balaban J connectivity index is 0.00000370. The fourth-order valence-electron chi connectivity index (χ4n) is 4.45. The molecule has 0 spiro atoms. The van der Waals surface area contributed by atoms with E-state index in [9.17, 15) is 27.2 Å². The van der Waals surface area contributed by atoms with Crippen LogP contribution in [0.25, 0.3) is 10.6 Å². The van der Waals surface area contributed by atoms with Crippen molar-refractivity contribution in [2.75, 3.05) is 43.9 Å². The van der Waals surface area contributed by atoms with Crippen molar-refractivity contribution < 1.29 is 31.9 Å². The molecule has 1 saturated heterocycles. The van der Waals surface area contributed by atoms with Crippen molar-refractivity contribution in [3.05, 3.63) is 53.8 Å². The Labute approximate surface area is 236 Å². The summed E-state index contributed by atoms with van der Waals surface area (Å²) in [6, 6.07) is 9.18. The first-order chi connectivity index (χ1) is 18.5. The molecule has 40 heavy (non-hydrogen) atoms. The molecule has 5 rings (SSSR count). The number of piperazine rings is 1. The number of alkyl halides is 3. The van der Waals surface area contributed by atoms with E-state index in [1.54, 1.807) is 6.07 Å².